The van der Waals surface area contributed by atoms with Crippen molar-refractivity contribution in [2.45, 2.75) is 6.54 Å². The Morgan fingerprint density at radius 3 is 2.45 bits per heavy atom. The van der Waals surface area contributed by atoms with Crippen LogP contribution < -0.4 is 20.9 Å². The molecule has 1 fully saturated rings. The van der Waals surface area contributed by atoms with Gasteiger partial charge in [0.05, 0.1) is 18.7 Å². The number of likely N-dealkylation sites (N-methyl/N-ethyl adjacent to an activating group) is 1. The lowest BCUT2D eigenvalue weighted by atomic mass is 10.1. The van der Waals surface area contributed by atoms with Crippen LogP contribution in [0.4, 0.5) is 16.3 Å². The number of carbonyl (C=O) groups is 2. The number of amides is 3. The van der Waals surface area contributed by atoms with Crippen molar-refractivity contribution in [3.05, 3.63) is 71.9 Å². The topological polar surface area (TPSA) is 128 Å². The molecular formula is C29H34N8O3. The molecule has 4 aromatic rings. The number of anilines is 2. The number of urea groups is 1. The third-order valence-corrected chi connectivity index (χ3v) is 6.61. The largest absolute Gasteiger partial charge is 0.378 e. The molecule has 0 unspecified atom stereocenters. The standard InChI is InChI=1S/C29H34N8O3/c1-36(2)14-13-31-28(38)22-5-3-20(4-6-22)19-32-29(39)33-23-9-7-21(8-10-23)26-34-24-11-12-30-25(24)27(35-26)37-15-17-40-18-16-37/h3-12,30H,13-19H2,1-2H3,(H,31,38)(H2,32,33,39). The van der Waals surface area contributed by atoms with Gasteiger partial charge in [-0.3, -0.25) is 4.79 Å². The number of fused-ring (bicyclic) bond motifs is 1. The number of hydrogen-bond donors (Lipinski definition) is 4. The second-order valence-corrected chi connectivity index (χ2v) is 9.85. The summed E-state index contributed by atoms with van der Waals surface area (Å²) in [5.74, 6) is 1.38. The fourth-order valence-corrected chi connectivity index (χ4v) is 4.39. The van der Waals surface area contributed by atoms with E-state index in [4.69, 9.17) is 14.7 Å². The van der Waals surface area contributed by atoms with Crippen LogP contribution in [0.1, 0.15) is 15.9 Å². The molecule has 3 heterocycles. The number of H-pyrrole nitrogens is 1. The molecule has 4 N–H and O–H groups in total. The van der Waals surface area contributed by atoms with Crippen molar-refractivity contribution in [1.29, 1.82) is 0 Å². The number of carbonyl (C=O) groups excluding carboxylic acids is 2. The summed E-state index contributed by atoms with van der Waals surface area (Å²) in [5.41, 5.74) is 4.76. The monoisotopic (exact) mass is 542 g/mol. The highest BCUT2D eigenvalue weighted by atomic mass is 16.5. The predicted octanol–water partition coefficient (Wildman–Crippen LogP) is 3.07. The van der Waals surface area contributed by atoms with Crippen LogP contribution in [0, 0.1) is 0 Å². The van der Waals surface area contributed by atoms with E-state index in [-0.39, 0.29) is 11.9 Å². The highest BCUT2D eigenvalue weighted by molar-refractivity contribution is 5.94. The van der Waals surface area contributed by atoms with Crippen LogP contribution in [0.15, 0.2) is 60.8 Å². The molecule has 208 valence electrons. The molecule has 0 saturated carbocycles. The van der Waals surface area contributed by atoms with E-state index in [0.29, 0.717) is 43.4 Å². The highest BCUT2D eigenvalue weighted by Gasteiger charge is 2.18. The molecule has 0 bridgehead atoms. The average molecular weight is 543 g/mol. The molecule has 40 heavy (non-hydrogen) atoms. The van der Waals surface area contributed by atoms with Gasteiger partial charge < -0.3 is 35.5 Å². The zero-order valence-corrected chi connectivity index (χ0v) is 22.7. The third-order valence-electron chi connectivity index (χ3n) is 6.61. The Hall–Kier alpha value is -4.48. The molecule has 1 saturated heterocycles. The summed E-state index contributed by atoms with van der Waals surface area (Å²) in [6.07, 6.45) is 1.87. The van der Waals surface area contributed by atoms with Crippen LogP contribution in [-0.2, 0) is 11.3 Å². The number of ether oxygens (including phenoxy) is 1. The van der Waals surface area contributed by atoms with E-state index in [9.17, 15) is 9.59 Å². The fourth-order valence-electron chi connectivity index (χ4n) is 4.39. The normalized spacial score (nSPS) is 13.4. The molecular weight excluding hydrogens is 508 g/mol. The second kappa shape index (κ2) is 12.6. The SMILES string of the molecule is CN(C)CCNC(=O)c1ccc(CNC(=O)Nc2ccc(-c3nc(N4CCOCC4)c4[nH]ccc4n3)cc2)cc1. The number of rotatable bonds is 9. The van der Waals surface area contributed by atoms with Gasteiger partial charge >= 0.3 is 6.03 Å². The Balaban J connectivity index is 1.16. The van der Waals surface area contributed by atoms with Gasteiger partial charge in [-0.1, -0.05) is 12.1 Å². The lowest BCUT2D eigenvalue weighted by Crippen LogP contribution is -2.37. The van der Waals surface area contributed by atoms with Crippen LogP contribution in [-0.4, -0.2) is 85.3 Å². The molecule has 0 atom stereocenters. The van der Waals surface area contributed by atoms with Gasteiger partial charge in [-0.2, -0.15) is 0 Å². The predicted molar refractivity (Wildman–Crippen MR) is 156 cm³/mol. The van der Waals surface area contributed by atoms with Crippen LogP contribution in [0.25, 0.3) is 22.4 Å². The van der Waals surface area contributed by atoms with Crippen molar-refractivity contribution in [2.75, 3.05) is 63.7 Å². The van der Waals surface area contributed by atoms with Crippen molar-refractivity contribution < 1.29 is 14.3 Å². The van der Waals surface area contributed by atoms with Crippen molar-refractivity contribution in [3.63, 3.8) is 0 Å². The summed E-state index contributed by atoms with van der Waals surface area (Å²) in [7, 11) is 3.92. The van der Waals surface area contributed by atoms with E-state index in [1.807, 2.05) is 67.7 Å². The van der Waals surface area contributed by atoms with E-state index in [0.717, 1.165) is 47.6 Å². The first-order valence-electron chi connectivity index (χ1n) is 13.3. The molecule has 1 aliphatic rings. The Labute approximate surface area is 232 Å². The number of hydrogen-bond acceptors (Lipinski definition) is 7. The molecule has 3 amide bonds. The average Bonchev–Trinajstić information content (AvgIpc) is 3.45. The first-order valence-corrected chi connectivity index (χ1v) is 13.3. The first kappa shape index (κ1) is 27.1. The maximum Gasteiger partial charge on any atom is 0.319 e. The molecule has 11 nitrogen and oxygen atoms in total. The minimum Gasteiger partial charge on any atom is -0.378 e. The molecule has 5 rings (SSSR count). The number of nitrogens with zero attached hydrogens (tertiary/aromatic N) is 4. The molecule has 0 spiro atoms. The number of benzene rings is 2. The van der Waals surface area contributed by atoms with Gasteiger partial charge in [0.1, 0.15) is 5.52 Å². The molecule has 11 heteroatoms. The van der Waals surface area contributed by atoms with Crippen molar-refractivity contribution in [1.82, 2.24) is 30.5 Å². The van der Waals surface area contributed by atoms with Gasteiger partial charge in [-0.05, 0) is 62.1 Å². The Kier molecular flexibility index (Phi) is 8.53. The maximum atomic E-state index is 12.5. The summed E-state index contributed by atoms with van der Waals surface area (Å²) in [6.45, 7) is 4.59. The third kappa shape index (κ3) is 6.74. The molecule has 2 aromatic heterocycles. The summed E-state index contributed by atoms with van der Waals surface area (Å²) in [5, 5.41) is 8.59. The summed E-state index contributed by atoms with van der Waals surface area (Å²) < 4.78 is 5.50. The summed E-state index contributed by atoms with van der Waals surface area (Å²) in [6, 6.07) is 16.3. The van der Waals surface area contributed by atoms with E-state index < -0.39 is 0 Å². The number of aromatic amines is 1. The molecule has 2 aromatic carbocycles. The van der Waals surface area contributed by atoms with E-state index in [1.165, 1.54) is 0 Å². The van der Waals surface area contributed by atoms with Crippen LogP contribution in [0.5, 0.6) is 0 Å². The van der Waals surface area contributed by atoms with Gasteiger partial charge in [0.2, 0.25) is 0 Å². The van der Waals surface area contributed by atoms with E-state index in [1.54, 1.807) is 12.1 Å². The van der Waals surface area contributed by atoms with Crippen LogP contribution in [0.2, 0.25) is 0 Å². The second-order valence-electron chi connectivity index (χ2n) is 9.85. The summed E-state index contributed by atoms with van der Waals surface area (Å²) in [4.78, 5) is 41.8. The number of nitrogens with one attached hydrogen (secondary N) is 4. The summed E-state index contributed by atoms with van der Waals surface area (Å²) >= 11 is 0. The molecule has 0 radical (unpaired) electrons. The first-order chi connectivity index (χ1) is 19.5. The van der Waals surface area contributed by atoms with Gasteiger partial charge in [0, 0.05) is 55.7 Å². The molecule has 1 aliphatic heterocycles. The van der Waals surface area contributed by atoms with Crippen molar-refractivity contribution in [2.24, 2.45) is 0 Å². The fraction of sp³-hybridized carbons (Fsp3) is 0.310. The quantitative estimate of drug-likeness (QED) is 0.256. The van der Waals surface area contributed by atoms with Crippen LogP contribution in [0.3, 0.4) is 0 Å². The van der Waals surface area contributed by atoms with E-state index >= 15 is 0 Å². The zero-order valence-electron chi connectivity index (χ0n) is 22.7. The Morgan fingerprint density at radius 2 is 1.73 bits per heavy atom. The maximum absolute atomic E-state index is 12.5. The van der Waals surface area contributed by atoms with Crippen molar-refractivity contribution >= 4 is 34.5 Å². The van der Waals surface area contributed by atoms with E-state index in [2.05, 4.69) is 25.8 Å². The van der Waals surface area contributed by atoms with Gasteiger partial charge in [0.25, 0.3) is 5.91 Å². The minimum absolute atomic E-state index is 0.113. The lowest BCUT2D eigenvalue weighted by molar-refractivity contribution is 0.0951. The smallest absolute Gasteiger partial charge is 0.319 e. The van der Waals surface area contributed by atoms with Crippen molar-refractivity contribution in [3.8, 4) is 11.4 Å². The molecule has 0 aliphatic carbocycles. The Bertz CT molecular complexity index is 1440. The van der Waals surface area contributed by atoms with Gasteiger partial charge in [-0.25, -0.2) is 14.8 Å². The zero-order chi connectivity index (χ0) is 27.9. The number of aromatic nitrogens is 3. The van der Waals surface area contributed by atoms with Gasteiger partial charge in [0.15, 0.2) is 11.6 Å². The highest BCUT2D eigenvalue weighted by Crippen LogP contribution is 2.27. The Morgan fingerprint density at radius 1 is 0.975 bits per heavy atom. The lowest BCUT2D eigenvalue weighted by Gasteiger charge is -2.28. The minimum atomic E-state index is -0.321. The number of morpholine rings is 1. The van der Waals surface area contributed by atoms with Gasteiger partial charge in [-0.15, -0.1) is 0 Å². The van der Waals surface area contributed by atoms with Crippen LogP contribution >= 0.6 is 0 Å².